The molecular formula is C23H29NO3S. The molecule has 150 valence electrons. The molecule has 2 aromatic rings. The second-order valence-corrected chi connectivity index (χ2v) is 8.93. The van der Waals surface area contributed by atoms with Crippen LogP contribution in [0.4, 0.5) is 0 Å². The van der Waals surface area contributed by atoms with Crippen LogP contribution in [0, 0.1) is 5.92 Å². The van der Waals surface area contributed by atoms with Crippen LogP contribution < -0.4 is 0 Å². The van der Waals surface area contributed by atoms with Crippen molar-refractivity contribution in [3.8, 4) is 0 Å². The van der Waals surface area contributed by atoms with Crippen LogP contribution >= 0.6 is 11.3 Å². The number of hydrogen-bond acceptors (Lipinski definition) is 4. The fourth-order valence-corrected chi connectivity index (χ4v) is 5.10. The Labute approximate surface area is 171 Å². The van der Waals surface area contributed by atoms with Crippen molar-refractivity contribution in [3.63, 3.8) is 0 Å². The van der Waals surface area contributed by atoms with Crippen LogP contribution in [0.2, 0.25) is 0 Å². The highest BCUT2D eigenvalue weighted by Crippen LogP contribution is 2.39. The van der Waals surface area contributed by atoms with Crippen molar-refractivity contribution in [1.82, 2.24) is 4.90 Å². The van der Waals surface area contributed by atoms with Gasteiger partial charge >= 0.3 is 0 Å². The first kappa shape index (κ1) is 19.6. The number of hydrogen-bond donors (Lipinski definition) is 0. The number of carbonyl (C=O) groups excluding carboxylic acids is 1. The molecule has 28 heavy (non-hydrogen) atoms. The Bertz CT molecular complexity index is 738. The van der Waals surface area contributed by atoms with E-state index >= 15 is 0 Å². The Morgan fingerprint density at radius 2 is 2.00 bits per heavy atom. The standard InChI is InChI=1S/C23H29NO3S/c25-22(21-7-4-16-28-21)24-12-10-23(11-13-24)17-19(9-15-27-23)8-14-26-18-20-5-2-1-3-6-20/h1-7,16,19H,8-15,17-18H2. The van der Waals surface area contributed by atoms with Gasteiger partial charge in [0.2, 0.25) is 0 Å². The van der Waals surface area contributed by atoms with Crippen LogP contribution in [0.25, 0.3) is 0 Å². The van der Waals surface area contributed by atoms with Gasteiger partial charge in [-0.2, -0.15) is 0 Å². The van der Waals surface area contributed by atoms with Crippen molar-refractivity contribution in [3.05, 3.63) is 58.3 Å². The fourth-order valence-electron chi connectivity index (χ4n) is 4.41. The van der Waals surface area contributed by atoms with Gasteiger partial charge in [-0.1, -0.05) is 36.4 Å². The van der Waals surface area contributed by atoms with Crippen molar-refractivity contribution in [2.24, 2.45) is 5.92 Å². The normalized spacial score (nSPS) is 21.7. The number of amides is 1. The maximum Gasteiger partial charge on any atom is 0.263 e. The third-order valence-corrected chi connectivity index (χ3v) is 6.93. The van der Waals surface area contributed by atoms with E-state index in [-0.39, 0.29) is 11.5 Å². The first-order chi connectivity index (χ1) is 13.7. The van der Waals surface area contributed by atoms with E-state index in [0.29, 0.717) is 12.5 Å². The second-order valence-electron chi connectivity index (χ2n) is 7.99. The highest BCUT2D eigenvalue weighted by molar-refractivity contribution is 7.12. The van der Waals surface area contributed by atoms with Gasteiger partial charge in [0.25, 0.3) is 5.91 Å². The number of rotatable bonds is 6. The lowest BCUT2D eigenvalue weighted by Crippen LogP contribution is -2.50. The minimum Gasteiger partial charge on any atom is -0.377 e. The molecule has 4 nitrogen and oxygen atoms in total. The Balaban J connectivity index is 1.22. The van der Waals surface area contributed by atoms with E-state index in [0.717, 1.165) is 63.3 Å². The van der Waals surface area contributed by atoms with Gasteiger partial charge in [0.15, 0.2) is 0 Å². The molecule has 2 aliphatic rings. The third kappa shape index (κ3) is 4.83. The third-order valence-electron chi connectivity index (χ3n) is 6.07. The smallest absolute Gasteiger partial charge is 0.263 e. The SMILES string of the molecule is O=C(c1cccs1)N1CCC2(CC1)CC(CCOCc1ccccc1)CCO2. The largest absolute Gasteiger partial charge is 0.377 e. The summed E-state index contributed by atoms with van der Waals surface area (Å²) in [5.41, 5.74) is 1.20. The van der Waals surface area contributed by atoms with Crippen LogP contribution in [-0.2, 0) is 16.1 Å². The summed E-state index contributed by atoms with van der Waals surface area (Å²) in [7, 11) is 0. The fraction of sp³-hybridized carbons (Fsp3) is 0.522. The number of piperidine rings is 1. The van der Waals surface area contributed by atoms with Crippen LogP contribution in [0.1, 0.15) is 47.3 Å². The van der Waals surface area contributed by atoms with Gasteiger partial charge in [-0.3, -0.25) is 4.79 Å². The number of benzene rings is 1. The molecule has 0 saturated carbocycles. The number of ether oxygens (including phenoxy) is 2. The molecule has 5 heteroatoms. The molecule has 1 aromatic carbocycles. The highest BCUT2D eigenvalue weighted by atomic mass is 32.1. The molecule has 0 bridgehead atoms. The molecule has 1 amide bonds. The quantitative estimate of drug-likeness (QED) is 0.658. The minimum absolute atomic E-state index is 0.0332. The van der Waals surface area contributed by atoms with Crippen molar-refractivity contribution in [2.45, 2.75) is 44.3 Å². The lowest BCUT2D eigenvalue weighted by molar-refractivity contribution is -0.126. The van der Waals surface area contributed by atoms with Gasteiger partial charge in [0, 0.05) is 26.3 Å². The highest BCUT2D eigenvalue weighted by Gasteiger charge is 2.41. The van der Waals surface area contributed by atoms with E-state index in [1.807, 2.05) is 28.5 Å². The van der Waals surface area contributed by atoms with Crippen molar-refractivity contribution < 1.29 is 14.3 Å². The zero-order chi connectivity index (χ0) is 19.2. The monoisotopic (exact) mass is 399 g/mol. The van der Waals surface area contributed by atoms with E-state index in [2.05, 4.69) is 24.3 Å². The summed E-state index contributed by atoms with van der Waals surface area (Å²) < 4.78 is 12.2. The molecule has 1 unspecified atom stereocenters. The summed E-state index contributed by atoms with van der Waals surface area (Å²) in [6.07, 6.45) is 5.21. The van der Waals surface area contributed by atoms with Gasteiger partial charge in [-0.25, -0.2) is 0 Å². The van der Waals surface area contributed by atoms with Crippen LogP contribution in [0.3, 0.4) is 0 Å². The maximum absolute atomic E-state index is 12.6. The molecule has 2 fully saturated rings. The molecule has 2 saturated heterocycles. The second kappa shape index (κ2) is 9.21. The molecule has 0 aliphatic carbocycles. The molecule has 1 spiro atoms. The predicted molar refractivity (Wildman–Crippen MR) is 112 cm³/mol. The van der Waals surface area contributed by atoms with E-state index < -0.39 is 0 Å². The summed E-state index contributed by atoms with van der Waals surface area (Å²) in [4.78, 5) is 15.4. The lowest BCUT2D eigenvalue weighted by atomic mass is 9.78. The van der Waals surface area contributed by atoms with Crippen LogP contribution in [0.15, 0.2) is 47.8 Å². The van der Waals surface area contributed by atoms with Crippen molar-refractivity contribution in [2.75, 3.05) is 26.3 Å². The minimum atomic E-state index is -0.0332. The molecule has 1 atom stereocenters. The number of likely N-dealkylation sites (tertiary alicyclic amines) is 1. The molecule has 0 radical (unpaired) electrons. The molecule has 3 heterocycles. The topological polar surface area (TPSA) is 38.8 Å². The first-order valence-electron chi connectivity index (χ1n) is 10.3. The Kier molecular flexibility index (Phi) is 6.45. The lowest BCUT2D eigenvalue weighted by Gasteiger charge is -2.46. The van der Waals surface area contributed by atoms with E-state index in [9.17, 15) is 4.79 Å². The number of nitrogens with zero attached hydrogens (tertiary/aromatic N) is 1. The summed E-state index contributed by atoms with van der Waals surface area (Å²) in [6, 6.07) is 14.2. The van der Waals surface area contributed by atoms with Crippen LogP contribution in [-0.4, -0.2) is 42.7 Å². The van der Waals surface area contributed by atoms with Gasteiger partial charge in [0.05, 0.1) is 17.1 Å². The Morgan fingerprint density at radius 3 is 2.75 bits per heavy atom. The zero-order valence-corrected chi connectivity index (χ0v) is 17.2. The molecular weight excluding hydrogens is 370 g/mol. The summed E-state index contributed by atoms with van der Waals surface area (Å²) in [5, 5.41) is 1.97. The van der Waals surface area contributed by atoms with E-state index in [1.54, 1.807) is 0 Å². The average molecular weight is 400 g/mol. The van der Waals surface area contributed by atoms with E-state index in [4.69, 9.17) is 9.47 Å². The number of carbonyl (C=O) groups is 1. The summed E-state index contributed by atoms with van der Waals surface area (Å²) >= 11 is 1.53. The van der Waals surface area contributed by atoms with Gasteiger partial charge < -0.3 is 14.4 Å². The van der Waals surface area contributed by atoms with Gasteiger partial charge in [-0.05, 0) is 55.0 Å². The molecule has 2 aliphatic heterocycles. The van der Waals surface area contributed by atoms with Crippen molar-refractivity contribution in [1.29, 1.82) is 0 Å². The Morgan fingerprint density at radius 1 is 1.18 bits per heavy atom. The maximum atomic E-state index is 12.6. The van der Waals surface area contributed by atoms with Crippen LogP contribution in [0.5, 0.6) is 0 Å². The molecule has 4 rings (SSSR count). The number of thiophene rings is 1. The van der Waals surface area contributed by atoms with Crippen molar-refractivity contribution >= 4 is 17.2 Å². The predicted octanol–water partition coefficient (Wildman–Crippen LogP) is 4.76. The molecule has 0 N–H and O–H groups in total. The average Bonchev–Trinajstić information content (AvgIpc) is 3.27. The van der Waals surface area contributed by atoms with Gasteiger partial charge in [-0.15, -0.1) is 11.3 Å². The Hall–Kier alpha value is -1.69. The zero-order valence-electron chi connectivity index (χ0n) is 16.3. The van der Waals surface area contributed by atoms with Gasteiger partial charge in [0.1, 0.15) is 0 Å². The first-order valence-corrected chi connectivity index (χ1v) is 11.2. The van der Waals surface area contributed by atoms with E-state index in [1.165, 1.54) is 16.9 Å². The molecule has 1 aromatic heterocycles. The summed E-state index contributed by atoms with van der Waals surface area (Å²) in [5.74, 6) is 0.829. The summed E-state index contributed by atoms with van der Waals surface area (Å²) in [6.45, 7) is 3.93.